The fourth-order valence-electron chi connectivity index (χ4n) is 2.32. The molecule has 0 bridgehead atoms. The van der Waals surface area contributed by atoms with Gasteiger partial charge in [-0.15, -0.1) is 22.7 Å². The molecule has 96 valence electrons. The van der Waals surface area contributed by atoms with Crippen LogP contribution in [0.1, 0.15) is 28.6 Å². The van der Waals surface area contributed by atoms with Gasteiger partial charge in [-0.3, -0.25) is 0 Å². The van der Waals surface area contributed by atoms with E-state index < -0.39 is 0 Å². The lowest BCUT2D eigenvalue weighted by molar-refractivity contribution is 0.475. The first-order valence-corrected chi connectivity index (χ1v) is 9.25. The number of thioether (sulfide) groups is 1. The van der Waals surface area contributed by atoms with Gasteiger partial charge in [0.15, 0.2) is 0 Å². The first kappa shape index (κ1) is 12.7. The molecule has 0 aliphatic carbocycles. The lowest BCUT2D eigenvalue weighted by Crippen LogP contribution is -2.36. The summed E-state index contributed by atoms with van der Waals surface area (Å²) in [5.41, 5.74) is 0. The zero-order valence-corrected chi connectivity index (χ0v) is 12.6. The molecule has 1 atom stereocenters. The van der Waals surface area contributed by atoms with Crippen molar-refractivity contribution >= 4 is 34.4 Å². The van der Waals surface area contributed by atoms with Crippen molar-refractivity contribution in [2.75, 3.05) is 11.5 Å². The fraction of sp³-hybridized carbons (Fsp3) is 0.429. The van der Waals surface area contributed by atoms with E-state index >= 15 is 0 Å². The van der Waals surface area contributed by atoms with Gasteiger partial charge < -0.3 is 5.32 Å². The molecule has 1 saturated heterocycles. The van der Waals surface area contributed by atoms with Crippen LogP contribution in [0.15, 0.2) is 35.0 Å². The summed E-state index contributed by atoms with van der Waals surface area (Å²) < 4.78 is 0. The Bertz CT molecular complexity index is 409. The molecule has 0 aromatic carbocycles. The van der Waals surface area contributed by atoms with E-state index in [2.05, 4.69) is 52.1 Å². The molecule has 18 heavy (non-hydrogen) atoms. The topological polar surface area (TPSA) is 12.0 Å². The van der Waals surface area contributed by atoms with E-state index in [1.807, 2.05) is 22.7 Å². The minimum Gasteiger partial charge on any atom is -0.301 e. The highest BCUT2D eigenvalue weighted by Gasteiger charge is 2.21. The Morgan fingerprint density at radius 2 is 1.83 bits per heavy atom. The van der Waals surface area contributed by atoms with E-state index in [4.69, 9.17) is 0 Å². The van der Waals surface area contributed by atoms with Crippen LogP contribution in [0.2, 0.25) is 0 Å². The van der Waals surface area contributed by atoms with Crippen LogP contribution in [0.3, 0.4) is 0 Å². The second kappa shape index (κ2) is 6.24. The molecule has 0 radical (unpaired) electrons. The van der Waals surface area contributed by atoms with Gasteiger partial charge in [0.2, 0.25) is 0 Å². The van der Waals surface area contributed by atoms with Crippen LogP contribution in [0, 0.1) is 0 Å². The van der Waals surface area contributed by atoms with E-state index in [0.717, 1.165) is 0 Å². The Morgan fingerprint density at radius 3 is 2.33 bits per heavy atom. The molecule has 1 fully saturated rings. The van der Waals surface area contributed by atoms with Crippen LogP contribution in [-0.4, -0.2) is 17.5 Å². The second-order valence-electron chi connectivity index (χ2n) is 4.54. The summed E-state index contributed by atoms with van der Waals surface area (Å²) in [6, 6.07) is 9.86. The Hall–Kier alpha value is -0.290. The van der Waals surface area contributed by atoms with Gasteiger partial charge in [-0.1, -0.05) is 12.1 Å². The first-order chi connectivity index (χ1) is 8.93. The molecular formula is C14H17NS3. The normalized spacial score (nSPS) is 20.4. The molecule has 0 spiro atoms. The molecule has 1 aliphatic heterocycles. The lowest BCUT2D eigenvalue weighted by atomic mass is 10.1. The number of thiophene rings is 2. The maximum absolute atomic E-state index is 3.86. The van der Waals surface area contributed by atoms with E-state index in [1.165, 1.54) is 34.1 Å². The third kappa shape index (κ3) is 2.99. The van der Waals surface area contributed by atoms with Crippen LogP contribution in [0.4, 0.5) is 0 Å². The van der Waals surface area contributed by atoms with E-state index in [-0.39, 0.29) is 0 Å². The highest BCUT2D eigenvalue weighted by Crippen LogP contribution is 2.31. The monoisotopic (exact) mass is 295 g/mol. The van der Waals surface area contributed by atoms with E-state index in [0.29, 0.717) is 12.1 Å². The zero-order chi connectivity index (χ0) is 12.2. The fourth-order valence-corrected chi connectivity index (χ4v) is 5.09. The van der Waals surface area contributed by atoms with Gasteiger partial charge in [-0.05, 0) is 41.5 Å². The standard InChI is InChI=1S/C14H17NS3/c1-4-11(10-16-7-1)15-14(12-5-2-8-17-12)13-6-3-9-18-13/h2-3,5-6,8-9,11,14-15H,1,4,7,10H2. The summed E-state index contributed by atoms with van der Waals surface area (Å²) >= 11 is 5.79. The highest BCUT2D eigenvalue weighted by atomic mass is 32.2. The molecule has 1 N–H and O–H groups in total. The Morgan fingerprint density at radius 1 is 1.11 bits per heavy atom. The largest absolute Gasteiger partial charge is 0.301 e. The average molecular weight is 295 g/mol. The van der Waals surface area contributed by atoms with Crippen LogP contribution in [0.25, 0.3) is 0 Å². The van der Waals surface area contributed by atoms with Crippen molar-refractivity contribution in [2.24, 2.45) is 0 Å². The van der Waals surface area contributed by atoms with Crippen molar-refractivity contribution in [1.29, 1.82) is 0 Å². The van der Waals surface area contributed by atoms with Crippen molar-refractivity contribution in [1.82, 2.24) is 5.32 Å². The summed E-state index contributed by atoms with van der Waals surface area (Å²) in [7, 11) is 0. The summed E-state index contributed by atoms with van der Waals surface area (Å²) in [5, 5.41) is 8.21. The van der Waals surface area contributed by atoms with Crippen LogP contribution < -0.4 is 5.32 Å². The van der Waals surface area contributed by atoms with Gasteiger partial charge in [0.25, 0.3) is 0 Å². The van der Waals surface area contributed by atoms with Gasteiger partial charge in [0, 0.05) is 21.5 Å². The molecule has 2 aromatic heterocycles. The molecule has 3 heterocycles. The SMILES string of the molecule is c1csc(C(NC2CCCSC2)c2cccs2)c1. The maximum Gasteiger partial charge on any atom is 0.0767 e. The minimum absolute atomic E-state index is 0.397. The van der Waals surface area contributed by atoms with Gasteiger partial charge in [-0.2, -0.15) is 11.8 Å². The molecule has 1 aliphatic rings. The highest BCUT2D eigenvalue weighted by molar-refractivity contribution is 7.99. The average Bonchev–Trinajstić information content (AvgIpc) is 3.11. The van der Waals surface area contributed by atoms with Gasteiger partial charge in [-0.25, -0.2) is 0 Å². The molecule has 2 aromatic rings. The third-order valence-electron chi connectivity index (χ3n) is 3.22. The van der Waals surface area contributed by atoms with Gasteiger partial charge >= 0.3 is 0 Å². The summed E-state index contributed by atoms with van der Waals surface area (Å²) in [5.74, 6) is 2.59. The predicted molar refractivity (Wildman–Crippen MR) is 84.0 cm³/mol. The molecule has 0 saturated carbocycles. The van der Waals surface area contributed by atoms with E-state index in [1.54, 1.807) is 0 Å². The summed E-state index contributed by atoms with van der Waals surface area (Å²) in [4.78, 5) is 2.88. The smallest absolute Gasteiger partial charge is 0.0767 e. The van der Waals surface area contributed by atoms with Crippen LogP contribution >= 0.6 is 34.4 Å². The summed E-state index contributed by atoms with van der Waals surface area (Å²) in [6.07, 6.45) is 2.67. The zero-order valence-electron chi connectivity index (χ0n) is 10.2. The van der Waals surface area contributed by atoms with Crippen molar-refractivity contribution in [2.45, 2.75) is 24.9 Å². The molecule has 1 unspecified atom stereocenters. The molecule has 1 nitrogen and oxygen atoms in total. The summed E-state index contributed by atoms with van der Waals surface area (Å²) in [6.45, 7) is 0. The number of rotatable bonds is 4. The lowest BCUT2D eigenvalue weighted by Gasteiger charge is -2.27. The van der Waals surface area contributed by atoms with Crippen molar-refractivity contribution in [3.05, 3.63) is 44.8 Å². The van der Waals surface area contributed by atoms with E-state index in [9.17, 15) is 0 Å². The minimum atomic E-state index is 0.397. The second-order valence-corrected chi connectivity index (χ2v) is 7.65. The molecular weight excluding hydrogens is 278 g/mol. The van der Waals surface area contributed by atoms with Gasteiger partial charge in [0.1, 0.15) is 0 Å². The number of nitrogens with one attached hydrogen (secondary N) is 1. The molecule has 4 heteroatoms. The van der Waals surface area contributed by atoms with Crippen molar-refractivity contribution in [3.8, 4) is 0 Å². The van der Waals surface area contributed by atoms with Crippen LogP contribution in [0.5, 0.6) is 0 Å². The molecule has 3 rings (SSSR count). The Balaban J connectivity index is 1.77. The Kier molecular flexibility index (Phi) is 4.41. The predicted octanol–water partition coefficient (Wildman–Crippen LogP) is 4.38. The Labute approximate surface area is 121 Å². The quantitative estimate of drug-likeness (QED) is 0.898. The number of hydrogen-bond donors (Lipinski definition) is 1. The van der Waals surface area contributed by atoms with Gasteiger partial charge in [0.05, 0.1) is 6.04 Å². The maximum atomic E-state index is 3.86. The first-order valence-electron chi connectivity index (χ1n) is 6.34. The van der Waals surface area contributed by atoms with Crippen LogP contribution in [-0.2, 0) is 0 Å². The number of hydrogen-bond acceptors (Lipinski definition) is 4. The van der Waals surface area contributed by atoms with Crippen molar-refractivity contribution in [3.63, 3.8) is 0 Å². The third-order valence-corrected chi connectivity index (χ3v) is 6.31. The molecule has 0 amide bonds. The van der Waals surface area contributed by atoms with Crippen molar-refractivity contribution < 1.29 is 0 Å².